The van der Waals surface area contributed by atoms with Gasteiger partial charge in [0.25, 0.3) is 0 Å². The first-order valence-corrected chi connectivity index (χ1v) is 3.90. The number of rotatable bonds is 2. The van der Waals surface area contributed by atoms with E-state index in [0.29, 0.717) is 5.56 Å². The Morgan fingerprint density at radius 1 is 1.23 bits per heavy atom. The molecule has 0 aliphatic rings. The Bertz CT molecular complexity index is 298. The predicted octanol–water partition coefficient (Wildman–Crippen LogP) is 2.36. The van der Waals surface area contributed by atoms with E-state index < -0.39 is 17.7 Å². The average molecular weight is 184 g/mol. The molecule has 0 radical (unpaired) electrons. The van der Waals surface area contributed by atoms with Gasteiger partial charge in [-0.05, 0) is 24.6 Å². The molecule has 0 aliphatic heterocycles. The van der Waals surface area contributed by atoms with E-state index in [1.54, 1.807) is 6.92 Å². The molecule has 0 spiro atoms. The Balaban J connectivity index is 2.89. The van der Waals surface area contributed by atoms with Crippen LogP contribution in [0.5, 0.6) is 0 Å². The predicted molar refractivity (Wildman–Crippen MR) is 47.1 cm³/mol. The second kappa shape index (κ2) is 4.14. The van der Waals surface area contributed by atoms with E-state index in [1.807, 2.05) is 0 Å². The molecule has 1 aromatic carbocycles. The lowest BCUT2D eigenvalue weighted by molar-refractivity contribution is 0.245. The SMILES string of the molecule is CC(O)/C=C/c1cc(F)cc(F)c1. The van der Waals surface area contributed by atoms with Crippen molar-refractivity contribution in [3.63, 3.8) is 0 Å². The van der Waals surface area contributed by atoms with Gasteiger partial charge in [0.2, 0.25) is 0 Å². The molecule has 0 amide bonds. The first-order valence-electron chi connectivity index (χ1n) is 3.90. The molecule has 70 valence electrons. The molecule has 1 rings (SSSR count). The van der Waals surface area contributed by atoms with Crippen LogP contribution in [0.25, 0.3) is 6.08 Å². The van der Waals surface area contributed by atoms with Gasteiger partial charge < -0.3 is 5.11 Å². The molecule has 1 aromatic rings. The number of hydrogen-bond acceptors (Lipinski definition) is 1. The minimum Gasteiger partial charge on any atom is -0.389 e. The van der Waals surface area contributed by atoms with Crippen molar-refractivity contribution in [3.05, 3.63) is 41.5 Å². The maximum atomic E-state index is 12.6. The molecule has 1 N–H and O–H groups in total. The zero-order valence-electron chi connectivity index (χ0n) is 7.17. The van der Waals surface area contributed by atoms with Crippen LogP contribution in [0.2, 0.25) is 0 Å². The smallest absolute Gasteiger partial charge is 0.126 e. The summed E-state index contributed by atoms with van der Waals surface area (Å²) in [5.41, 5.74) is 0.401. The van der Waals surface area contributed by atoms with Gasteiger partial charge in [0.15, 0.2) is 0 Å². The number of halogens is 2. The molecule has 0 saturated carbocycles. The summed E-state index contributed by atoms with van der Waals surface area (Å²) in [5.74, 6) is -1.24. The molecule has 13 heavy (non-hydrogen) atoms. The van der Waals surface area contributed by atoms with E-state index in [1.165, 1.54) is 24.3 Å². The quantitative estimate of drug-likeness (QED) is 0.748. The lowest BCUT2D eigenvalue weighted by atomic mass is 10.2. The Morgan fingerprint density at radius 3 is 2.23 bits per heavy atom. The summed E-state index contributed by atoms with van der Waals surface area (Å²) in [4.78, 5) is 0. The maximum Gasteiger partial charge on any atom is 0.126 e. The molecule has 0 aliphatic carbocycles. The minimum atomic E-state index is -0.620. The molecule has 1 unspecified atom stereocenters. The van der Waals surface area contributed by atoms with Crippen LogP contribution >= 0.6 is 0 Å². The highest BCUT2D eigenvalue weighted by Crippen LogP contribution is 2.09. The van der Waals surface area contributed by atoms with E-state index in [4.69, 9.17) is 5.11 Å². The highest BCUT2D eigenvalue weighted by molar-refractivity contribution is 5.49. The van der Waals surface area contributed by atoms with Crippen molar-refractivity contribution in [2.24, 2.45) is 0 Å². The van der Waals surface area contributed by atoms with Crippen molar-refractivity contribution in [3.8, 4) is 0 Å². The van der Waals surface area contributed by atoms with Crippen LogP contribution in [0.3, 0.4) is 0 Å². The second-order valence-electron chi connectivity index (χ2n) is 2.80. The zero-order valence-corrected chi connectivity index (χ0v) is 7.17. The summed E-state index contributed by atoms with van der Waals surface area (Å²) in [6.07, 6.45) is 2.30. The molecule has 0 saturated heterocycles. The fourth-order valence-corrected chi connectivity index (χ4v) is 0.922. The molecule has 0 fully saturated rings. The number of hydrogen-bond donors (Lipinski definition) is 1. The van der Waals surface area contributed by atoms with Crippen LogP contribution in [-0.4, -0.2) is 11.2 Å². The van der Waals surface area contributed by atoms with Gasteiger partial charge in [-0.1, -0.05) is 12.2 Å². The van der Waals surface area contributed by atoms with Crippen molar-refractivity contribution in [2.45, 2.75) is 13.0 Å². The van der Waals surface area contributed by atoms with Gasteiger partial charge in [0.1, 0.15) is 11.6 Å². The lowest BCUT2D eigenvalue weighted by Crippen LogP contribution is -1.91. The summed E-state index contributed by atoms with van der Waals surface area (Å²) >= 11 is 0. The third-order valence-electron chi connectivity index (χ3n) is 1.45. The maximum absolute atomic E-state index is 12.6. The van der Waals surface area contributed by atoms with Crippen molar-refractivity contribution < 1.29 is 13.9 Å². The van der Waals surface area contributed by atoms with E-state index in [2.05, 4.69) is 0 Å². The van der Waals surface area contributed by atoms with E-state index >= 15 is 0 Å². The monoisotopic (exact) mass is 184 g/mol. The van der Waals surface area contributed by atoms with Crippen LogP contribution in [0.15, 0.2) is 24.3 Å². The average Bonchev–Trinajstić information content (AvgIpc) is 1.99. The van der Waals surface area contributed by atoms with Gasteiger partial charge in [-0.2, -0.15) is 0 Å². The normalized spacial score (nSPS) is 13.5. The van der Waals surface area contributed by atoms with Gasteiger partial charge in [-0.25, -0.2) is 8.78 Å². The molecule has 0 bridgehead atoms. The standard InChI is InChI=1S/C10H10F2O/c1-7(13)2-3-8-4-9(11)6-10(12)5-8/h2-7,13H,1H3/b3-2+. The molecule has 0 heterocycles. The van der Waals surface area contributed by atoms with Crippen LogP contribution in [0.4, 0.5) is 8.78 Å². The zero-order chi connectivity index (χ0) is 9.84. The number of aliphatic hydroxyl groups excluding tert-OH is 1. The highest BCUT2D eigenvalue weighted by Gasteiger charge is 1.97. The Hall–Kier alpha value is -1.22. The Kier molecular flexibility index (Phi) is 3.14. The third kappa shape index (κ3) is 3.34. The summed E-state index contributed by atoms with van der Waals surface area (Å²) < 4.78 is 25.2. The van der Waals surface area contributed by atoms with Crippen LogP contribution in [0, 0.1) is 11.6 Å². The summed E-state index contributed by atoms with van der Waals surface area (Å²) in [6.45, 7) is 1.56. The number of benzene rings is 1. The van der Waals surface area contributed by atoms with Gasteiger partial charge in [0, 0.05) is 6.07 Å². The summed E-state index contributed by atoms with van der Waals surface area (Å²) in [6, 6.07) is 3.20. The first-order chi connectivity index (χ1) is 6.08. The van der Waals surface area contributed by atoms with Gasteiger partial charge in [0.05, 0.1) is 6.10 Å². The Labute approximate surface area is 75.3 Å². The minimum absolute atomic E-state index is 0.401. The molecular weight excluding hydrogens is 174 g/mol. The summed E-state index contributed by atoms with van der Waals surface area (Å²) in [7, 11) is 0. The molecule has 3 heteroatoms. The van der Waals surface area contributed by atoms with Crippen LogP contribution in [-0.2, 0) is 0 Å². The van der Waals surface area contributed by atoms with E-state index in [-0.39, 0.29) is 0 Å². The molecule has 0 aromatic heterocycles. The van der Waals surface area contributed by atoms with E-state index in [9.17, 15) is 8.78 Å². The topological polar surface area (TPSA) is 20.2 Å². The first kappa shape index (κ1) is 9.86. The van der Waals surface area contributed by atoms with Gasteiger partial charge >= 0.3 is 0 Å². The second-order valence-corrected chi connectivity index (χ2v) is 2.80. The number of aliphatic hydroxyl groups is 1. The highest BCUT2D eigenvalue weighted by atomic mass is 19.1. The van der Waals surface area contributed by atoms with Crippen molar-refractivity contribution in [1.29, 1.82) is 0 Å². The fraction of sp³-hybridized carbons (Fsp3) is 0.200. The fourth-order valence-electron chi connectivity index (χ4n) is 0.922. The van der Waals surface area contributed by atoms with Crippen LogP contribution in [0.1, 0.15) is 12.5 Å². The van der Waals surface area contributed by atoms with Crippen molar-refractivity contribution >= 4 is 6.08 Å². The van der Waals surface area contributed by atoms with Crippen molar-refractivity contribution in [2.75, 3.05) is 0 Å². The summed E-state index contributed by atoms with van der Waals surface area (Å²) in [5, 5.41) is 8.88. The van der Waals surface area contributed by atoms with Crippen LogP contribution < -0.4 is 0 Å². The van der Waals surface area contributed by atoms with Gasteiger partial charge in [-0.3, -0.25) is 0 Å². The van der Waals surface area contributed by atoms with Crippen molar-refractivity contribution in [1.82, 2.24) is 0 Å². The Morgan fingerprint density at radius 2 is 1.77 bits per heavy atom. The molecular formula is C10H10F2O. The third-order valence-corrected chi connectivity index (χ3v) is 1.45. The molecule has 1 nitrogen and oxygen atoms in total. The van der Waals surface area contributed by atoms with Gasteiger partial charge in [-0.15, -0.1) is 0 Å². The van der Waals surface area contributed by atoms with E-state index in [0.717, 1.165) is 6.07 Å². The largest absolute Gasteiger partial charge is 0.389 e. The molecule has 1 atom stereocenters. The lowest BCUT2D eigenvalue weighted by Gasteiger charge is -1.96.